The van der Waals surface area contributed by atoms with Crippen molar-refractivity contribution in [1.82, 2.24) is 19.8 Å². The van der Waals surface area contributed by atoms with Crippen LogP contribution in [-0.4, -0.2) is 42.1 Å². The highest BCUT2D eigenvalue weighted by molar-refractivity contribution is 7.89. The van der Waals surface area contributed by atoms with E-state index in [1.165, 1.54) is 19.3 Å². The Balaban J connectivity index is 1.73. The Morgan fingerprint density at radius 1 is 1.38 bits per heavy atom. The molecule has 2 fully saturated rings. The molecule has 118 valence electrons. The molecule has 6 nitrogen and oxygen atoms in total. The van der Waals surface area contributed by atoms with Crippen molar-refractivity contribution in [3.05, 3.63) is 11.8 Å². The molecule has 0 spiro atoms. The van der Waals surface area contributed by atoms with Crippen LogP contribution in [-0.2, 0) is 16.6 Å². The highest BCUT2D eigenvalue weighted by atomic mass is 32.2. The topological polar surface area (TPSA) is 78.1 Å². The smallest absolute Gasteiger partial charge is 0.260 e. The van der Waals surface area contributed by atoms with Crippen LogP contribution < -0.4 is 5.32 Å². The highest BCUT2D eigenvalue weighted by Gasteiger charge is 2.31. The van der Waals surface area contributed by atoms with Gasteiger partial charge in [0, 0.05) is 31.2 Å². The van der Waals surface area contributed by atoms with Crippen molar-refractivity contribution in [3.63, 3.8) is 0 Å². The van der Waals surface area contributed by atoms with E-state index in [2.05, 4.69) is 15.5 Å². The van der Waals surface area contributed by atoms with E-state index in [4.69, 9.17) is 0 Å². The van der Waals surface area contributed by atoms with Gasteiger partial charge in [-0.15, -0.1) is 0 Å². The van der Waals surface area contributed by atoms with Crippen LogP contribution in [0.15, 0.2) is 11.2 Å². The van der Waals surface area contributed by atoms with Crippen molar-refractivity contribution in [2.75, 3.05) is 13.1 Å². The third-order valence-corrected chi connectivity index (χ3v) is 6.43. The van der Waals surface area contributed by atoms with Crippen LogP contribution in [0.25, 0.3) is 0 Å². The van der Waals surface area contributed by atoms with Crippen molar-refractivity contribution < 1.29 is 8.42 Å². The summed E-state index contributed by atoms with van der Waals surface area (Å²) >= 11 is 0. The third kappa shape index (κ3) is 3.30. The van der Waals surface area contributed by atoms with Crippen molar-refractivity contribution in [3.8, 4) is 0 Å². The molecule has 2 aliphatic carbocycles. The summed E-state index contributed by atoms with van der Waals surface area (Å²) in [6.45, 7) is 3.60. The molecule has 1 aromatic heterocycles. The summed E-state index contributed by atoms with van der Waals surface area (Å²) in [5.41, 5.74) is 0.744. The van der Waals surface area contributed by atoms with Gasteiger partial charge >= 0.3 is 0 Å². The van der Waals surface area contributed by atoms with Gasteiger partial charge in [-0.25, -0.2) is 8.42 Å². The maximum Gasteiger partial charge on any atom is 0.260 e. The van der Waals surface area contributed by atoms with E-state index in [9.17, 15) is 8.42 Å². The normalized spacial score (nSPS) is 19.9. The predicted octanol–water partition coefficient (Wildman–Crippen LogP) is 1.47. The molecule has 3 rings (SSSR count). The van der Waals surface area contributed by atoms with Crippen molar-refractivity contribution >= 4 is 10.0 Å². The summed E-state index contributed by atoms with van der Waals surface area (Å²) in [7, 11) is -3.46. The lowest BCUT2D eigenvalue weighted by Crippen LogP contribution is -2.38. The average molecular weight is 312 g/mol. The molecular formula is C14H24N4O2S. The number of hydrogen-bond acceptors (Lipinski definition) is 4. The minimum absolute atomic E-state index is 0.261. The van der Waals surface area contributed by atoms with E-state index in [1.54, 1.807) is 10.5 Å². The zero-order valence-electron chi connectivity index (χ0n) is 12.5. The number of nitrogens with one attached hydrogen (secondary N) is 2. The first-order valence-electron chi connectivity index (χ1n) is 7.87. The van der Waals surface area contributed by atoms with Gasteiger partial charge in [0.2, 0.25) is 0 Å². The number of sulfonamides is 1. The lowest BCUT2D eigenvalue weighted by molar-refractivity contribution is 0.249. The zero-order valence-corrected chi connectivity index (χ0v) is 13.3. The second-order valence-electron chi connectivity index (χ2n) is 6.13. The Kier molecular flexibility index (Phi) is 4.33. The van der Waals surface area contributed by atoms with Crippen LogP contribution in [0, 0.1) is 5.92 Å². The average Bonchev–Trinajstić information content (AvgIpc) is 3.11. The van der Waals surface area contributed by atoms with Gasteiger partial charge in [-0.3, -0.25) is 5.10 Å². The van der Waals surface area contributed by atoms with Crippen LogP contribution in [0.2, 0.25) is 0 Å². The van der Waals surface area contributed by atoms with E-state index in [1.807, 2.05) is 6.92 Å². The van der Waals surface area contributed by atoms with E-state index in [0.717, 1.165) is 18.4 Å². The van der Waals surface area contributed by atoms with Gasteiger partial charge in [0.25, 0.3) is 10.0 Å². The molecule has 2 saturated carbocycles. The van der Waals surface area contributed by atoms with Gasteiger partial charge < -0.3 is 5.32 Å². The molecule has 2 aliphatic rings. The fraction of sp³-hybridized carbons (Fsp3) is 0.786. The number of aromatic amines is 1. The molecule has 0 atom stereocenters. The first-order chi connectivity index (χ1) is 10.1. The molecular weight excluding hydrogens is 288 g/mol. The number of hydrogen-bond donors (Lipinski definition) is 2. The second-order valence-corrected chi connectivity index (χ2v) is 8.01. The summed E-state index contributed by atoms with van der Waals surface area (Å²) in [6.07, 6.45) is 7.50. The van der Waals surface area contributed by atoms with E-state index < -0.39 is 10.0 Å². The minimum Gasteiger partial charge on any atom is -0.310 e. The molecule has 7 heteroatoms. The maximum atomic E-state index is 12.8. The predicted molar refractivity (Wildman–Crippen MR) is 80.2 cm³/mol. The summed E-state index contributed by atoms with van der Waals surface area (Å²) in [4.78, 5) is 0. The Hall–Kier alpha value is -0.920. The van der Waals surface area contributed by atoms with Crippen LogP contribution in [0.1, 0.15) is 44.6 Å². The van der Waals surface area contributed by atoms with Gasteiger partial charge in [0.15, 0.2) is 5.03 Å². The van der Waals surface area contributed by atoms with Crippen molar-refractivity contribution in [1.29, 1.82) is 0 Å². The number of rotatable bonds is 8. The maximum absolute atomic E-state index is 12.8. The van der Waals surface area contributed by atoms with E-state index >= 15 is 0 Å². The van der Waals surface area contributed by atoms with Crippen molar-refractivity contribution in [2.45, 2.75) is 56.6 Å². The van der Waals surface area contributed by atoms with Gasteiger partial charge in [-0.1, -0.05) is 13.3 Å². The standard InChI is InChI=1S/C14H24N4O2S/c1-2-18(10-11-4-3-5-11)21(19,20)14-12(9-16-17-14)8-15-13-6-7-13/h9,11,13,15H,2-8,10H2,1H3,(H,16,17). The lowest BCUT2D eigenvalue weighted by Gasteiger charge is -2.31. The van der Waals surface area contributed by atoms with Gasteiger partial charge in [0.1, 0.15) is 0 Å². The van der Waals surface area contributed by atoms with Gasteiger partial charge in [0.05, 0.1) is 6.20 Å². The van der Waals surface area contributed by atoms with E-state index in [0.29, 0.717) is 31.6 Å². The van der Waals surface area contributed by atoms with Crippen LogP contribution >= 0.6 is 0 Å². The van der Waals surface area contributed by atoms with Gasteiger partial charge in [-0.05, 0) is 31.6 Å². The Labute approximate surface area is 126 Å². The van der Waals surface area contributed by atoms with Crippen molar-refractivity contribution in [2.24, 2.45) is 5.92 Å². The molecule has 0 aromatic carbocycles. The molecule has 0 radical (unpaired) electrons. The molecule has 0 saturated heterocycles. The van der Waals surface area contributed by atoms with E-state index in [-0.39, 0.29) is 5.03 Å². The highest BCUT2D eigenvalue weighted by Crippen LogP contribution is 2.29. The first kappa shape index (κ1) is 15.0. The van der Waals surface area contributed by atoms with Crippen LogP contribution in [0.4, 0.5) is 0 Å². The number of aromatic nitrogens is 2. The fourth-order valence-electron chi connectivity index (χ4n) is 2.68. The molecule has 21 heavy (non-hydrogen) atoms. The fourth-order valence-corrected chi connectivity index (χ4v) is 4.31. The van der Waals surface area contributed by atoms with Crippen LogP contribution in [0.5, 0.6) is 0 Å². The molecule has 0 unspecified atom stereocenters. The summed E-state index contributed by atoms with van der Waals surface area (Å²) in [5.74, 6) is 0.524. The molecule has 1 heterocycles. The Bertz CT molecular complexity index is 576. The number of nitrogens with zero attached hydrogens (tertiary/aromatic N) is 2. The third-order valence-electron chi connectivity index (χ3n) is 4.47. The lowest BCUT2D eigenvalue weighted by atomic mass is 9.85. The zero-order chi connectivity index (χ0) is 14.9. The van der Waals surface area contributed by atoms with Gasteiger partial charge in [-0.2, -0.15) is 9.40 Å². The monoisotopic (exact) mass is 312 g/mol. The summed E-state index contributed by atoms with van der Waals surface area (Å²) in [6, 6.07) is 0.549. The Morgan fingerprint density at radius 3 is 2.71 bits per heavy atom. The molecule has 0 aliphatic heterocycles. The largest absolute Gasteiger partial charge is 0.310 e. The number of H-pyrrole nitrogens is 1. The summed E-state index contributed by atoms with van der Waals surface area (Å²) < 4.78 is 27.2. The minimum atomic E-state index is -3.46. The molecule has 0 bridgehead atoms. The molecule has 2 N–H and O–H groups in total. The first-order valence-corrected chi connectivity index (χ1v) is 9.31. The Morgan fingerprint density at radius 2 is 2.14 bits per heavy atom. The summed E-state index contributed by atoms with van der Waals surface area (Å²) in [5, 5.41) is 10.3. The second kappa shape index (κ2) is 6.06. The molecule has 1 aromatic rings. The van der Waals surface area contributed by atoms with Crippen LogP contribution in [0.3, 0.4) is 0 Å². The molecule has 0 amide bonds. The quantitative estimate of drug-likeness (QED) is 0.762. The SMILES string of the molecule is CCN(CC1CCC1)S(=O)(=O)c1[nH]ncc1CNC1CC1.